The minimum Gasteiger partial charge on any atom is -0.309 e. The number of rotatable bonds is 5. The third-order valence-corrected chi connectivity index (χ3v) is 7.65. The summed E-state index contributed by atoms with van der Waals surface area (Å²) >= 11 is 1.41. The third kappa shape index (κ3) is 3.08. The molecule has 112 valence electrons. The number of nitrogens with zero attached hydrogens (tertiary/aromatic N) is 1. The van der Waals surface area contributed by atoms with Crippen molar-refractivity contribution in [3.63, 3.8) is 0 Å². The number of hydrogen-bond donors (Lipinski definition) is 1. The van der Waals surface area contributed by atoms with Gasteiger partial charge in [-0.05, 0) is 44.7 Å². The van der Waals surface area contributed by atoms with E-state index in [1.165, 1.54) is 24.2 Å². The molecule has 0 amide bonds. The van der Waals surface area contributed by atoms with Crippen molar-refractivity contribution in [1.29, 1.82) is 0 Å². The second-order valence-electron chi connectivity index (χ2n) is 5.84. The predicted octanol–water partition coefficient (Wildman–Crippen LogP) is 2.56. The van der Waals surface area contributed by atoms with Crippen LogP contribution in [0.2, 0.25) is 0 Å². The first-order chi connectivity index (χ1) is 9.57. The zero-order valence-corrected chi connectivity index (χ0v) is 13.5. The van der Waals surface area contributed by atoms with Gasteiger partial charge in [-0.15, -0.1) is 11.3 Å². The fourth-order valence-electron chi connectivity index (χ4n) is 2.67. The normalized spacial score (nSPS) is 24.9. The van der Waals surface area contributed by atoms with Gasteiger partial charge in [-0.3, -0.25) is 0 Å². The molecule has 6 heteroatoms. The Bertz CT molecular complexity index is 563. The van der Waals surface area contributed by atoms with Crippen LogP contribution in [0.5, 0.6) is 0 Å². The van der Waals surface area contributed by atoms with Crippen LogP contribution in [0, 0.1) is 0 Å². The summed E-state index contributed by atoms with van der Waals surface area (Å²) in [5.74, 6) is 0. The summed E-state index contributed by atoms with van der Waals surface area (Å²) in [5.41, 5.74) is 0. The van der Waals surface area contributed by atoms with Crippen LogP contribution in [0.3, 0.4) is 0 Å². The molecule has 0 aromatic carbocycles. The lowest BCUT2D eigenvalue weighted by atomic mass is 10.1. The Balaban J connectivity index is 1.72. The van der Waals surface area contributed by atoms with Crippen LogP contribution < -0.4 is 5.32 Å². The van der Waals surface area contributed by atoms with Crippen molar-refractivity contribution in [2.75, 3.05) is 6.54 Å². The van der Waals surface area contributed by atoms with Crippen LogP contribution in [0.25, 0.3) is 0 Å². The molecule has 1 aliphatic carbocycles. The Morgan fingerprint density at radius 2 is 2.10 bits per heavy atom. The molecular weight excluding hydrogens is 292 g/mol. The van der Waals surface area contributed by atoms with Crippen molar-refractivity contribution in [2.45, 2.75) is 61.9 Å². The van der Waals surface area contributed by atoms with Crippen molar-refractivity contribution in [3.8, 4) is 0 Å². The standard InChI is InChI=1S/C14H22N2O2S2/c1-11-4-2-3-9-16(11)20(17,18)14-8-7-13(19-14)10-15-12-5-6-12/h7-8,11-12,15H,2-6,9-10H2,1H3. The molecule has 3 rings (SSSR count). The van der Waals surface area contributed by atoms with Gasteiger partial charge >= 0.3 is 0 Å². The maximum absolute atomic E-state index is 12.7. The molecule has 2 fully saturated rings. The quantitative estimate of drug-likeness (QED) is 0.909. The molecule has 1 aromatic heterocycles. The maximum atomic E-state index is 12.7. The summed E-state index contributed by atoms with van der Waals surface area (Å²) in [5, 5.41) is 3.43. The van der Waals surface area contributed by atoms with E-state index in [-0.39, 0.29) is 6.04 Å². The van der Waals surface area contributed by atoms with Gasteiger partial charge in [0.25, 0.3) is 10.0 Å². The van der Waals surface area contributed by atoms with E-state index in [4.69, 9.17) is 0 Å². The van der Waals surface area contributed by atoms with Crippen LogP contribution in [-0.4, -0.2) is 31.4 Å². The van der Waals surface area contributed by atoms with E-state index in [1.54, 1.807) is 10.4 Å². The second kappa shape index (κ2) is 5.75. The molecule has 0 spiro atoms. The van der Waals surface area contributed by atoms with Gasteiger partial charge in [-0.1, -0.05) is 6.42 Å². The van der Waals surface area contributed by atoms with Gasteiger partial charge < -0.3 is 5.32 Å². The van der Waals surface area contributed by atoms with E-state index in [2.05, 4.69) is 5.32 Å². The van der Waals surface area contributed by atoms with Crippen LogP contribution in [0.1, 0.15) is 43.9 Å². The van der Waals surface area contributed by atoms with E-state index in [0.29, 0.717) is 16.8 Å². The lowest BCUT2D eigenvalue weighted by Crippen LogP contribution is -2.41. The van der Waals surface area contributed by atoms with E-state index >= 15 is 0 Å². The molecule has 2 aliphatic rings. The molecular formula is C14H22N2O2S2. The summed E-state index contributed by atoms with van der Waals surface area (Å²) in [7, 11) is -3.29. The van der Waals surface area contributed by atoms with Gasteiger partial charge in [0, 0.05) is 30.1 Å². The van der Waals surface area contributed by atoms with E-state index < -0.39 is 10.0 Å². The molecule has 2 heterocycles. The highest BCUT2D eigenvalue weighted by Crippen LogP contribution is 2.30. The third-order valence-electron chi connectivity index (χ3n) is 4.08. The van der Waals surface area contributed by atoms with Gasteiger partial charge in [-0.25, -0.2) is 8.42 Å². The molecule has 1 aliphatic heterocycles. The first-order valence-electron chi connectivity index (χ1n) is 7.41. The Morgan fingerprint density at radius 1 is 1.30 bits per heavy atom. The average Bonchev–Trinajstić information content (AvgIpc) is 3.13. The lowest BCUT2D eigenvalue weighted by Gasteiger charge is -2.31. The monoisotopic (exact) mass is 314 g/mol. The Hall–Kier alpha value is -0.430. The van der Waals surface area contributed by atoms with Gasteiger partial charge in [-0.2, -0.15) is 4.31 Å². The van der Waals surface area contributed by atoms with Gasteiger partial charge in [0.2, 0.25) is 0 Å². The molecule has 1 atom stereocenters. The summed E-state index contributed by atoms with van der Waals surface area (Å²) in [6.07, 6.45) is 5.59. The smallest absolute Gasteiger partial charge is 0.252 e. The molecule has 4 nitrogen and oxygen atoms in total. The summed E-state index contributed by atoms with van der Waals surface area (Å²) in [4.78, 5) is 1.11. The van der Waals surface area contributed by atoms with Crippen molar-refractivity contribution in [1.82, 2.24) is 9.62 Å². The molecule has 1 saturated carbocycles. The zero-order chi connectivity index (χ0) is 14.2. The topological polar surface area (TPSA) is 49.4 Å². The average molecular weight is 314 g/mol. The minimum absolute atomic E-state index is 0.129. The first-order valence-corrected chi connectivity index (χ1v) is 9.67. The minimum atomic E-state index is -3.29. The molecule has 0 radical (unpaired) electrons. The SMILES string of the molecule is CC1CCCCN1S(=O)(=O)c1ccc(CNC2CC2)s1. The lowest BCUT2D eigenvalue weighted by molar-refractivity contribution is 0.269. The molecule has 1 saturated heterocycles. The van der Waals surface area contributed by atoms with Crippen LogP contribution in [0.4, 0.5) is 0 Å². The summed E-state index contributed by atoms with van der Waals surface area (Å²) < 4.78 is 27.5. The van der Waals surface area contributed by atoms with Gasteiger partial charge in [0.05, 0.1) is 0 Å². The first kappa shape index (κ1) is 14.5. The number of sulfonamides is 1. The van der Waals surface area contributed by atoms with Gasteiger partial charge in [0.1, 0.15) is 4.21 Å². The van der Waals surface area contributed by atoms with Crippen LogP contribution in [-0.2, 0) is 16.6 Å². The second-order valence-corrected chi connectivity index (χ2v) is 9.12. The van der Waals surface area contributed by atoms with Crippen molar-refractivity contribution in [3.05, 3.63) is 17.0 Å². The highest BCUT2D eigenvalue weighted by Gasteiger charge is 2.32. The van der Waals surface area contributed by atoms with Gasteiger partial charge in [0.15, 0.2) is 0 Å². The van der Waals surface area contributed by atoms with Crippen molar-refractivity contribution < 1.29 is 8.42 Å². The zero-order valence-electron chi connectivity index (χ0n) is 11.8. The summed E-state index contributed by atoms with van der Waals surface area (Å²) in [6.45, 7) is 3.47. The molecule has 1 N–H and O–H groups in total. The Labute approximate surface area is 125 Å². The highest BCUT2D eigenvalue weighted by molar-refractivity contribution is 7.91. The number of hydrogen-bond acceptors (Lipinski definition) is 4. The molecule has 1 unspecified atom stereocenters. The highest BCUT2D eigenvalue weighted by atomic mass is 32.2. The Kier molecular flexibility index (Phi) is 4.17. The Morgan fingerprint density at radius 3 is 2.80 bits per heavy atom. The van der Waals surface area contributed by atoms with E-state index in [9.17, 15) is 8.42 Å². The maximum Gasteiger partial charge on any atom is 0.252 e. The molecule has 20 heavy (non-hydrogen) atoms. The van der Waals surface area contributed by atoms with Crippen molar-refractivity contribution >= 4 is 21.4 Å². The number of nitrogens with one attached hydrogen (secondary N) is 1. The van der Waals surface area contributed by atoms with Crippen molar-refractivity contribution in [2.24, 2.45) is 0 Å². The van der Waals surface area contributed by atoms with E-state index in [0.717, 1.165) is 30.7 Å². The fourth-order valence-corrected chi connectivity index (χ4v) is 5.80. The summed E-state index contributed by atoms with van der Waals surface area (Å²) in [6, 6.07) is 4.50. The van der Waals surface area contributed by atoms with E-state index in [1.807, 2.05) is 13.0 Å². The van der Waals surface area contributed by atoms with Crippen LogP contribution in [0.15, 0.2) is 16.3 Å². The number of piperidine rings is 1. The fraction of sp³-hybridized carbons (Fsp3) is 0.714. The largest absolute Gasteiger partial charge is 0.309 e. The molecule has 0 bridgehead atoms. The predicted molar refractivity (Wildman–Crippen MR) is 81.4 cm³/mol. The molecule has 1 aromatic rings. The van der Waals surface area contributed by atoms with Crippen LogP contribution >= 0.6 is 11.3 Å². The number of thiophene rings is 1.